The molecule has 0 aromatic heterocycles. The smallest absolute Gasteiger partial charge is 0.328 e. The van der Waals surface area contributed by atoms with Gasteiger partial charge in [-0.2, -0.15) is 8.42 Å². The molecule has 2 aliphatic heterocycles. The number of nitro groups is 1. The highest BCUT2D eigenvalue weighted by Crippen LogP contribution is 2.28. The van der Waals surface area contributed by atoms with Crippen molar-refractivity contribution < 1.29 is 41.5 Å². The quantitative estimate of drug-likeness (QED) is 0.292. The number of hydrogen-bond donors (Lipinski definition) is 3. The van der Waals surface area contributed by atoms with Crippen LogP contribution < -0.4 is 0 Å². The van der Waals surface area contributed by atoms with E-state index in [1.54, 1.807) is 6.07 Å². The molecule has 2 aliphatic rings. The summed E-state index contributed by atoms with van der Waals surface area (Å²) in [5.74, 6) is -0.537. The van der Waals surface area contributed by atoms with Crippen molar-refractivity contribution >= 4 is 16.1 Å². The largest absolute Gasteiger partial charge is 0.394 e. The van der Waals surface area contributed by atoms with Crippen LogP contribution in [0.1, 0.15) is 22.3 Å². The maximum atomic E-state index is 13.4. The summed E-state index contributed by atoms with van der Waals surface area (Å²) in [6, 6.07) is 7.72. The molecule has 13 nitrogen and oxygen atoms in total. The van der Waals surface area contributed by atoms with Gasteiger partial charge in [0, 0.05) is 43.4 Å². The summed E-state index contributed by atoms with van der Waals surface area (Å²) in [5.41, 5.74) is 3.14. The second-order valence-electron chi connectivity index (χ2n) is 7.23. The third-order valence-corrected chi connectivity index (χ3v) is 4.44. The van der Waals surface area contributed by atoms with Gasteiger partial charge >= 0.3 is 10.4 Å². The van der Waals surface area contributed by atoms with Crippen molar-refractivity contribution in [3.05, 3.63) is 84.4 Å². The molecular weight excluding hydrogens is 486 g/mol. The Morgan fingerprint density at radius 2 is 1.32 bits per heavy atom. The van der Waals surface area contributed by atoms with Gasteiger partial charge in [-0.15, -0.1) is 10.1 Å². The highest BCUT2D eigenvalue weighted by atomic mass is 32.3. The molecule has 0 spiro atoms. The normalized spacial score (nSPS) is 14.3. The van der Waals surface area contributed by atoms with Crippen LogP contribution in [0.15, 0.2) is 30.3 Å². The van der Waals surface area contributed by atoms with E-state index in [0.717, 1.165) is 35.8 Å². The molecule has 34 heavy (non-hydrogen) atoms. The van der Waals surface area contributed by atoms with E-state index >= 15 is 0 Å². The van der Waals surface area contributed by atoms with Crippen LogP contribution in [-0.4, -0.2) is 56.6 Å². The van der Waals surface area contributed by atoms with Crippen LogP contribution >= 0.6 is 0 Å². The molecular formula is C18H22F2N4O9S. The van der Waals surface area contributed by atoms with Crippen molar-refractivity contribution in [1.82, 2.24) is 9.80 Å². The fourth-order valence-electron chi connectivity index (χ4n) is 3.26. The van der Waals surface area contributed by atoms with Crippen molar-refractivity contribution in [2.24, 2.45) is 0 Å². The lowest BCUT2D eigenvalue weighted by Crippen LogP contribution is -2.07. The Balaban J connectivity index is 0.000000257. The Morgan fingerprint density at radius 1 is 0.882 bits per heavy atom. The Bertz CT molecular complexity index is 1140. The molecule has 3 N–H and O–H groups in total. The number of halogens is 2. The van der Waals surface area contributed by atoms with Crippen LogP contribution in [0, 0.1) is 31.9 Å². The van der Waals surface area contributed by atoms with Gasteiger partial charge in [-0.25, -0.2) is 8.78 Å². The lowest BCUT2D eigenvalue weighted by atomic mass is 10.1. The van der Waals surface area contributed by atoms with E-state index < -0.39 is 26.2 Å². The highest BCUT2D eigenvalue weighted by Gasteiger charge is 2.23. The summed E-state index contributed by atoms with van der Waals surface area (Å²) in [5, 5.41) is 24.1. The summed E-state index contributed by atoms with van der Waals surface area (Å²) < 4.78 is 58.0. The molecule has 0 saturated carbocycles. The van der Waals surface area contributed by atoms with Crippen LogP contribution in [0.25, 0.3) is 0 Å². The number of benzene rings is 2. The number of fused-ring (bicyclic) bond motifs is 2. The van der Waals surface area contributed by atoms with E-state index in [1.165, 1.54) is 12.1 Å². The van der Waals surface area contributed by atoms with Gasteiger partial charge in [0.2, 0.25) is 0 Å². The average Bonchev–Trinajstić information content (AvgIpc) is 3.23. The van der Waals surface area contributed by atoms with Gasteiger partial charge in [0.15, 0.2) is 0 Å². The van der Waals surface area contributed by atoms with Gasteiger partial charge in [-0.3, -0.25) is 29.0 Å². The number of hydrogen-bond acceptors (Lipinski definition) is 8. The van der Waals surface area contributed by atoms with Gasteiger partial charge in [0.05, 0.1) is 11.0 Å². The maximum absolute atomic E-state index is 13.4. The van der Waals surface area contributed by atoms with Crippen molar-refractivity contribution in [2.45, 2.75) is 26.2 Å². The first-order valence-corrected chi connectivity index (χ1v) is 10.6. The molecule has 0 unspecified atom stereocenters. The molecule has 0 aliphatic carbocycles. The van der Waals surface area contributed by atoms with Crippen molar-refractivity contribution in [1.29, 1.82) is 0 Å². The molecule has 2 heterocycles. The number of non-ortho nitro benzene ring substituents is 1. The molecule has 0 radical (unpaired) electrons. The summed E-state index contributed by atoms with van der Waals surface area (Å²) in [6.45, 7) is 2.74. The van der Waals surface area contributed by atoms with Crippen molar-refractivity contribution in [3.63, 3.8) is 0 Å². The van der Waals surface area contributed by atoms with Gasteiger partial charge < -0.3 is 5.21 Å². The molecule has 0 amide bonds. The summed E-state index contributed by atoms with van der Waals surface area (Å²) >= 11 is 0. The first-order valence-electron chi connectivity index (χ1n) is 9.20. The molecule has 2 aromatic rings. The van der Waals surface area contributed by atoms with Crippen LogP contribution in [0.5, 0.6) is 0 Å². The molecule has 4 rings (SSSR count). The second kappa shape index (κ2) is 12.2. The third-order valence-electron chi connectivity index (χ3n) is 4.44. The van der Waals surface area contributed by atoms with Gasteiger partial charge in [-0.05, 0) is 31.3 Å². The van der Waals surface area contributed by atoms with Gasteiger partial charge in [0.25, 0.3) is 10.8 Å². The fraction of sp³-hybridized carbons (Fsp3) is 0.333. The monoisotopic (exact) mass is 508 g/mol. The predicted molar refractivity (Wildman–Crippen MR) is 113 cm³/mol. The van der Waals surface area contributed by atoms with E-state index in [4.69, 9.17) is 32.8 Å². The van der Waals surface area contributed by atoms with E-state index in [0.29, 0.717) is 18.7 Å². The summed E-state index contributed by atoms with van der Waals surface area (Å²) in [7, 11) is -0.815. The molecule has 0 bridgehead atoms. The first-order chi connectivity index (χ1) is 15.6. The fourth-order valence-corrected chi connectivity index (χ4v) is 3.26. The minimum absolute atomic E-state index is 0.0631. The predicted octanol–water partition coefficient (Wildman–Crippen LogP) is 2.45. The highest BCUT2D eigenvalue weighted by molar-refractivity contribution is 7.79. The molecule has 188 valence electrons. The zero-order chi connectivity index (χ0) is 26.2. The van der Waals surface area contributed by atoms with E-state index in [9.17, 15) is 18.9 Å². The van der Waals surface area contributed by atoms with Crippen molar-refractivity contribution in [2.75, 3.05) is 14.1 Å². The van der Waals surface area contributed by atoms with Gasteiger partial charge in [-0.1, -0.05) is 12.1 Å². The topological polar surface area (TPSA) is 188 Å². The lowest BCUT2D eigenvalue weighted by molar-refractivity contribution is -0.742. The van der Waals surface area contributed by atoms with Crippen LogP contribution in [0.2, 0.25) is 0 Å². The van der Waals surface area contributed by atoms with E-state index in [2.05, 4.69) is 4.90 Å². The van der Waals surface area contributed by atoms with E-state index in [1.807, 2.05) is 25.1 Å². The van der Waals surface area contributed by atoms with Crippen LogP contribution in [0.3, 0.4) is 0 Å². The SMILES string of the molecule is CN1Cc2cc([N+](=O)[O-])cc(F)c2C1.CN1Cc2cccc(F)c2C1.O=S(=O)(O)O.O=[N+]([O-])O. The zero-order valence-electron chi connectivity index (χ0n) is 18.0. The Hall–Kier alpha value is -3.31. The standard InChI is InChI=1S/C9H9FN2O2.C9H10FN.HNO3.H2O4S/c1-11-4-6-2-7(12(13)14)3-9(10)8(6)5-11;1-11-5-7-3-2-4-9(10)8(7)6-11;2-1(3)4;1-5(2,3)4/h2-3H,4-5H2,1H3;2-4H,5-6H2,1H3;(H,2,3,4);(H2,1,2,3,4). The average molecular weight is 508 g/mol. The van der Waals surface area contributed by atoms with Crippen molar-refractivity contribution in [3.8, 4) is 0 Å². The molecule has 2 aromatic carbocycles. The zero-order valence-corrected chi connectivity index (χ0v) is 18.8. The molecule has 0 saturated heterocycles. The summed E-state index contributed by atoms with van der Waals surface area (Å²) in [6.07, 6.45) is 0. The Kier molecular flexibility index (Phi) is 10.3. The van der Waals surface area contributed by atoms with Crippen LogP contribution in [-0.2, 0) is 36.6 Å². The third kappa shape index (κ3) is 10.1. The minimum Gasteiger partial charge on any atom is -0.328 e. The Labute approximate surface area is 192 Å². The Morgan fingerprint density at radius 3 is 1.76 bits per heavy atom. The van der Waals surface area contributed by atoms with E-state index in [-0.39, 0.29) is 11.5 Å². The molecule has 0 atom stereocenters. The molecule has 16 heteroatoms. The van der Waals surface area contributed by atoms with Gasteiger partial charge in [0.1, 0.15) is 11.6 Å². The maximum Gasteiger partial charge on any atom is 0.394 e. The summed E-state index contributed by atoms with van der Waals surface area (Å²) in [4.78, 5) is 22.3. The van der Waals surface area contributed by atoms with Crippen LogP contribution in [0.4, 0.5) is 14.5 Å². The lowest BCUT2D eigenvalue weighted by Gasteiger charge is -2.02. The number of rotatable bonds is 1. The number of nitrogens with zero attached hydrogens (tertiary/aromatic N) is 4. The minimum atomic E-state index is -4.67. The number of nitro benzene ring substituents is 1. The first kappa shape index (κ1) is 28.7. The molecule has 0 fully saturated rings. The second-order valence-corrected chi connectivity index (χ2v) is 8.13.